The van der Waals surface area contributed by atoms with Crippen molar-refractivity contribution in [1.82, 2.24) is 5.32 Å². The van der Waals surface area contributed by atoms with Gasteiger partial charge in [0.15, 0.2) is 0 Å². The molecule has 1 aliphatic rings. The Morgan fingerprint density at radius 1 is 1.28 bits per heavy atom. The molecule has 4 nitrogen and oxygen atoms in total. The second-order valence-corrected chi connectivity index (χ2v) is 6.20. The fourth-order valence-corrected chi connectivity index (χ4v) is 2.28. The largest absolute Gasteiger partial charge is 0.444 e. The molecule has 1 saturated carbocycles. The molecule has 4 heteroatoms. The molecule has 0 saturated heterocycles. The number of Topliss-reactive ketones (excluding diaryl/α,β-unsaturated/α-hetero) is 1. The van der Waals surface area contributed by atoms with Crippen LogP contribution in [0, 0.1) is 5.92 Å². The van der Waals surface area contributed by atoms with Crippen LogP contribution in [0.3, 0.4) is 0 Å². The highest BCUT2D eigenvalue weighted by atomic mass is 16.6. The van der Waals surface area contributed by atoms with Gasteiger partial charge in [0.2, 0.25) is 0 Å². The molecule has 0 aromatic rings. The Morgan fingerprint density at radius 2 is 1.83 bits per heavy atom. The van der Waals surface area contributed by atoms with Crippen molar-refractivity contribution < 1.29 is 14.3 Å². The van der Waals surface area contributed by atoms with Gasteiger partial charge in [-0.05, 0) is 40.5 Å². The van der Waals surface area contributed by atoms with E-state index in [9.17, 15) is 9.59 Å². The van der Waals surface area contributed by atoms with E-state index in [0.717, 1.165) is 25.7 Å². The number of amides is 1. The molecule has 0 spiro atoms. The third-order valence-corrected chi connectivity index (χ3v) is 3.08. The zero-order valence-corrected chi connectivity index (χ0v) is 11.9. The third kappa shape index (κ3) is 5.52. The Morgan fingerprint density at radius 3 is 2.33 bits per heavy atom. The van der Waals surface area contributed by atoms with Gasteiger partial charge in [0.1, 0.15) is 11.4 Å². The summed E-state index contributed by atoms with van der Waals surface area (Å²) in [5.74, 6) is 0.490. The molecule has 0 radical (unpaired) electrons. The molecule has 0 unspecified atom stereocenters. The molecule has 104 valence electrons. The fourth-order valence-electron chi connectivity index (χ4n) is 2.28. The van der Waals surface area contributed by atoms with Crippen LogP contribution in [0.2, 0.25) is 0 Å². The predicted molar refractivity (Wildman–Crippen MR) is 70.4 cm³/mol. The van der Waals surface area contributed by atoms with Crippen LogP contribution in [0.15, 0.2) is 0 Å². The average molecular weight is 255 g/mol. The van der Waals surface area contributed by atoms with Crippen molar-refractivity contribution in [3.8, 4) is 0 Å². The predicted octanol–water partition coefficient (Wildman–Crippen LogP) is 3.05. The van der Waals surface area contributed by atoms with Crippen LogP contribution in [0.25, 0.3) is 0 Å². The Labute approximate surface area is 109 Å². The molecule has 1 amide bonds. The van der Waals surface area contributed by atoms with Gasteiger partial charge >= 0.3 is 6.09 Å². The lowest BCUT2D eigenvalue weighted by Crippen LogP contribution is -2.39. The molecule has 0 heterocycles. The van der Waals surface area contributed by atoms with E-state index in [1.54, 1.807) is 0 Å². The summed E-state index contributed by atoms with van der Waals surface area (Å²) in [6.07, 6.45) is 4.29. The second kappa shape index (κ2) is 6.21. The summed E-state index contributed by atoms with van der Waals surface area (Å²) >= 11 is 0. The summed E-state index contributed by atoms with van der Waals surface area (Å²) in [5.41, 5.74) is -0.501. The zero-order valence-electron chi connectivity index (χ0n) is 11.9. The number of rotatable bonds is 4. The van der Waals surface area contributed by atoms with E-state index < -0.39 is 11.7 Å². The Balaban J connectivity index is 2.30. The van der Waals surface area contributed by atoms with Crippen molar-refractivity contribution >= 4 is 11.9 Å². The van der Waals surface area contributed by atoms with E-state index in [1.807, 2.05) is 27.7 Å². The van der Waals surface area contributed by atoms with Gasteiger partial charge in [-0.25, -0.2) is 4.79 Å². The van der Waals surface area contributed by atoms with Crippen LogP contribution in [-0.2, 0) is 9.53 Å². The Bertz CT molecular complexity index is 301. The van der Waals surface area contributed by atoms with Crippen LogP contribution in [-0.4, -0.2) is 23.5 Å². The van der Waals surface area contributed by atoms with Crippen LogP contribution in [0.5, 0.6) is 0 Å². The van der Waals surface area contributed by atoms with E-state index in [-0.39, 0.29) is 17.7 Å². The lowest BCUT2D eigenvalue weighted by Gasteiger charge is -2.22. The molecule has 1 N–H and O–H groups in total. The highest BCUT2D eigenvalue weighted by Crippen LogP contribution is 2.26. The maximum Gasteiger partial charge on any atom is 0.407 e. The number of ketones is 1. The zero-order chi connectivity index (χ0) is 13.8. The van der Waals surface area contributed by atoms with Crippen LogP contribution in [0.1, 0.15) is 59.8 Å². The fraction of sp³-hybridized carbons (Fsp3) is 0.857. The lowest BCUT2D eigenvalue weighted by molar-refractivity contribution is -0.123. The maximum absolute atomic E-state index is 11.9. The van der Waals surface area contributed by atoms with Gasteiger partial charge in [-0.15, -0.1) is 0 Å². The van der Waals surface area contributed by atoms with Crippen LogP contribution in [0.4, 0.5) is 4.79 Å². The molecule has 18 heavy (non-hydrogen) atoms. The molecule has 1 atom stereocenters. The second-order valence-electron chi connectivity index (χ2n) is 6.20. The van der Waals surface area contributed by atoms with Crippen molar-refractivity contribution in [3.63, 3.8) is 0 Å². The number of hydrogen-bond donors (Lipinski definition) is 1. The molecular weight excluding hydrogens is 230 g/mol. The topological polar surface area (TPSA) is 55.4 Å². The summed E-state index contributed by atoms with van der Waals surface area (Å²) in [4.78, 5) is 23.5. The standard InChI is InChI=1S/C14H25NO3/c1-10(15-13(17)18-14(2,3)4)9-12(16)11-7-5-6-8-11/h10-11H,5-9H2,1-4H3,(H,15,17)/t10-/m1/s1. The van der Waals surface area contributed by atoms with Crippen molar-refractivity contribution in [1.29, 1.82) is 0 Å². The SMILES string of the molecule is C[C@H](CC(=O)C1CCCC1)NC(=O)OC(C)(C)C. The first-order chi connectivity index (χ1) is 8.28. The molecule has 1 rings (SSSR count). The van der Waals surface area contributed by atoms with Gasteiger partial charge in [-0.3, -0.25) is 4.79 Å². The molecular formula is C14H25NO3. The minimum Gasteiger partial charge on any atom is -0.444 e. The van der Waals surface area contributed by atoms with E-state index in [0.29, 0.717) is 6.42 Å². The van der Waals surface area contributed by atoms with E-state index >= 15 is 0 Å². The summed E-state index contributed by atoms with van der Waals surface area (Å²) < 4.78 is 5.15. The molecule has 0 aliphatic heterocycles. The maximum atomic E-state index is 11.9. The first kappa shape index (κ1) is 15.0. The van der Waals surface area contributed by atoms with Crippen molar-refractivity contribution in [2.75, 3.05) is 0 Å². The summed E-state index contributed by atoms with van der Waals surface area (Å²) in [6, 6.07) is -0.159. The van der Waals surface area contributed by atoms with Crippen molar-refractivity contribution in [2.24, 2.45) is 5.92 Å². The van der Waals surface area contributed by atoms with Gasteiger partial charge in [-0.2, -0.15) is 0 Å². The average Bonchev–Trinajstić information content (AvgIpc) is 2.65. The lowest BCUT2D eigenvalue weighted by atomic mass is 9.97. The number of nitrogens with one attached hydrogen (secondary N) is 1. The van der Waals surface area contributed by atoms with E-state index in [2.05, 4.69) is 5.32 Å². The minimum atomic E-state index is -0.501. The van der Waals surface area contributed by atoms with E-state index in [4.69, 9.17) is 4.74 Å². The number of alkyl carbamates (subject to hydrolysis) is 1. The molecule has 1 fully saturated rings. The molecule has 0 bridgehead atoms. The smallest absolute Gasteiger partial charge is 0.407 e. The highest BCUT2D eigenvalue weighted by molar-refractivity contribution is 5.82. The van der Waals surface area contributed by atoms with Crippen LogP contribution < -0.4 is 5.32 Å². The van der Waals surface area contributed by atoms with Gasteiger partial charge in [0.25, 0.3) is 0 Å². The highest BCUT2D eigenvalue weighted by Gasteiger charge is 2.25. The third-order valence-electron chi connectivity index (χ3n) is 3.08. The van der Waals surface area contributed by atoms with Gasteiger partial charge in [-0.1, -0.05) is 12.8 Å². The van der Waals surface area contributed by atoms with E-state index in [1.165, 1.54) is 0 Å². The monoisotopic (exact) mass is 255 g/mol. The first-order valence-corrected chi connectivity index (χ1v) is 6.80. The first-order valence-electron chi connectivity index (χ1n) is 6.80. The Kier molecular flexibility index (Phi) is 5.17. The molecule has 0 aromatic carbocycles. The van der Waals surface area contributed by atoms with Crippen molar-refractivity contribution in [3.05, 3.63) is 0 Å². The van der Waals surface area contributed by atoms with Crippen LogP contribution >= 0.6 is 0 Å². The summed E-state index contributed by atoms with van der Waals surface area (Å²) in [6.45, 7) is 7.31. The number of hydrogen-bond acceptors (Lipinski definition) is 3. The quantitative estimate of drug-likeness (QED) is 0.840. The number of carbonyl (C=O) groups is 2. The normalized spacial score (nSPS) is 18.4. The number of carbonyl (C=O) groups excluding carboxylic acids is 2. The van der Waals surface area contributed by atoms with Gasteiger partial charge in [0.05, 0.1) is 0 Å². The summed E-state index contributed by atoms with van der Waals surface area (Å²) in [7, 11) is 0. The Hall–Kier alpha value is -1.06. The summed E-state index contributed by atoms with van der Waals surface area (Å²) in [5, 5.41) is 2.71. The minimum absolute atomic E-state index is 0.159. The molecule has 1 aliphatic carbocycles. The van der Waals surface area contributed by atoms with Gasteiger partial charge < -0.3 is 10.1 Å². The number of ether oxygens (including phenoxy) is 1. The molecule has 0 aromatic heterocycles. The van der Waals surface area contributed by atoms with Gasteiger partial charge in [0, 0.05) is 18.4 Å². The van der Waals surface area contributed by atoms with Crippen molar-refractivity contribution in [2.45, 2.75) is 71.4 Å².